The quantitative estimate of drug-likeness (QED) is 0.576. The molecule has 2 rings (SSSR count). The molecule has 0 saturated heterocycles. The molecule has 0 radical (unpaired) electrons. The number of rotatable bonds is 7. The standard InChI is InChI=1S/C19H21F3O/c1-3-5-6-7-13-8-10-15(19(22)18(13)21)14-9-11-17(23-4-2)16(20)12-14/h8-12H,3-7H2,1-2H3. The van der Waals surface area contributed by atoms with Crippen molar-refractivity contribution in [2.24, 2.45) is 0 Å². The zero-order valence-electron chi connectivity index (χ0n) is 13.5. The van der Waals surface area contributed by atoms with Crippen molar-refractivity contribution in [2.75, 3.05) is 6.61 Å². The van der Waals surface area contributed by atoms with Crippen LogP contribution in [0, 0.1) is 17.5 Å². The summed E-state index contributed by atoms with van der Waals surface area (Å²) in [5, 5.41) is 0. The van der Waals surface area contributed by atoms with Crippen molar-refractivity contribution in [3.05, 3.63) is 53.3 Å². The van der Waals surface area contributed by atoms with E-state index in [1.54, 1.807) is 13.0 Å². The third kappa shape index (κ3) is 4.06. The summed E-state index contributed by atoms with van der Waals surface area (Å²) in [6, 6.07) is 7.22. The largest absolute Gasteiger partial charge is 0.491 e. The van der Waals surface area contributed by atoms with Crippen LogP contribution >= 0.6 is 0 Å². The van der Waals surface area contributed by atoms with E-state index in [2.05, 4.69) is 6.92 Å². The molecular weight excluding hydrogens is 301 g/mol. The van der Waals surface area contributed by atoms with Gasteiger partial charge in [0.2, 0.25) is 0 Å². The Kier molecular flexibility index (Phi) is 6.08. The predicted molar refractivity (Wildman–Crippen MR) is 86.2 cm³/mol. The van der Waals surface area contributed by atoms with Gasteiger partial charge < -0.3 is 4.74 Å². The Morgan fingerprint density at radius 3 is 2.35 bits per heavy atom. The fourth-order valence-electron chi connectivity index (χ4n) is 2.51. The molecule has 0 amide bonds. The Balaban J connectivity index is 2.30. The Morgan fingerprint density at radius 2 is 1.70 bits per heavy atom. The van der Waals surface area contributed by atoms with Crippen LogP contribution in [0.2, 0.25) is 0 Å². The van der Waals surface area contributed by atoms with Crippen molar-refractivity contribution < 1.29 is 17.9 Å². The van der Waals surface area contributed by atoms with Gasteiger partial charge in [-0.1, -0.05) is 38.0 Å². The first-order valence-corrected chi connectivity index (χ1v) is 7.98. The summed E-state index contributed by atoms with van der Waals surface area (Å²) in [5.74, 6) is -2.25. The SMILES string of the molecule is CCCCCc1ccc(-c2ccc(OCC)c(F)c2)c(F)c1F. The number of hydrogen-bond acceptors (Lipinski definition) is 1. The van der Waals surface area contributed by atoms with Crippen LogP contribution < -0.4 is 4.74 Å². The molecule has 1 nitrogen and oxygen atoms in total. The zero-order valence-corrected chi connectivity index (χ0v) is 13.5. The van der Waals surface area contributed by atoms with Crippen molar-refractivity contribution in [2.45, 2.75) is 39.5 Å². The van der Waals surface area contributed by atoms with Crippen LogP contribution in [0.25, 0.3) is 11.1 Å². The van der Waals surface area contributed by atoms with Gasteiger partial charge in [-0.05, 0) is 43.0 Å². The minimum atomic E-state index is -0.928. The molecule has 4 heteroatoms. The molecule has 0 fully saturated rings. The second-order valence-electron chi connectivity index (χ2n) is 5.44. The first-order valence-electron chi connectivity index (χ1n) is 7.98. The predicted octanol–water partition coefficient (Wildman–Crippen LogP) is 5.90. The van der Waals surface area contributed by atoms with E-state index in [0.29, 0.717) is 24.2 Å². The average molecular weight is 322 g/mol. The van der Waals surface area contributed by atoms with Crippen LogP contribution in [0.4, 0.5) is 13.2 Å². The maximum atomic E-state index is 14.3. The van der Waals surface area contributed by atoms with E-state index < -0.39 is 17.5 Å². The lowest BCUT2D eigenvalue weighted by Crippen LogP contribution is -1.99. The van der Waals surface area contributed by atoms with Crippen LogP contribution in [0.5, 0.6) is 5.75 Å². The lowest BCUT2D eigenvalue weighted by atomic mass is 9.99. The number of halogens is 3. The molecule has 0 spiro atoms. The van der Waals surface area contributed by atoms with Gasteiger partial charge in [-0.2, -0.15) is 0 Å². The summed E-state index contributed by atoms with van der Waals surface area (Å²) in [4.78, 5) is 0. The molecule has 0 unspecified atom stereocenters. The van der Waals surface area contributed by atoms with Crippen LogP contribution in [0.1, 0.15) is 38.7 Å². The monoisotopic (exact) mass is 322 g/mol. The molecule has 2 aromatic carbocycles. The van der Waals surface area contributed by atoms with Crippen LogP contribution in [-0.4, -0.2) is 6.61 Å². The van der Waals surface area contributed by atoms with Gasteiger partial charge in [-0.25, -0.2) is 13.2 Å². The second-order valence-corrected chi connectivity index (χ2v) is 5.44. The van der Waals surface area contributed by atoms with E-state index in [0.717, 1.165) is 19.3 Å². The molecule has 0 aliphatic carbocycles. The van der Waals surface area contributed by atoms with Crippen molar-refractivity contribution in [3.8, 4) is 16.9 Å². The van der Waals surface area contributed by atoms with Crippen LogP contribution in [0.15, 0.2) is 30.3 Å². The third-order valence-corrected chi connectivity index (χ3v) is 3.75. The lowest BCUT2D eigenvalue weighted by molar-refractivity contribution is 0.321. The molecule has 0 aliphatic rings. The highest BCUT2D eigenvalue weighted by molar-refractivity contribution is 5.65. The van der Waals surface area contributed by atoms with E-state index >= 15 is 0 Å². The fourth-order valence-corrected chi connectivity index (χ4v) is 2.51. The van der Waals surface area contributed by atoms with Gasteiger partial charge in [0.05, 0.1) is 6.61 Å². The van der Waals surface area contributed by atoms with Gasteiger partial charge in [0, 0.05) is 5.56 Å². The highest BCUT2D eigenvalue weighted by atomic mass is 19.2. The van der Waals surface area contributed by atoms with E-state index in [1.807, 2.05) is 0 Å². The molecule has 124 valence electrons. The van der Waals surface area contributed by atoms with Crippen molar-refractivity contribution >= 4 is 0 Å². The van der Waals surface area contributed by atoms with Gasteiger partial charge in [0.15, 0.2) is 23.2 Å². The molecule has 0 atom stereocenters. The molecule has 23 heavy (non-hydrogen) atoms. The van der Waals surface area contributed by atoms with E-state index in [4.69, 9.17) is 4.74 Å². The molecule has 0 aliphatic heterocycles. The molecular formula is C19H21F3O. The summed E-state index contributed by atoms with van der Waals surface area (Å²) in [6.07, 6.45) is 3.33. The molecule has 0 bridgehead atoms. The number of ether oxygens (including phenoxy) is 1. The van der Waals surface area contributed by atoms with Gasteiger partial charge in [-0.3, -0.25) is 0 Å². The minimum Gasteiger partial charge on any atom is -0.491 e. The van der Waals surface area contributed by atoms with Crippen LogP contribution in [-0.2, 0) is 6.42 Å². The topological polar surface area (TPSA) is 9.23 Å². The first kappa shape index (κ1) is 17.4. The number of aryl methyl sites for hydroxylation is 1. The third-order valence-electron chi connectivity index (χ3n) is 3.75. The summed E-state index contributed by atoms with van der Waals surface area (Å²) in [6.45, 7) is 4.14. The average Bonchev–Trinajstić information content (AvgIpc) is 2.54. The molecule has 0 aromatic heterocycles. The molecule has 0 N–H and O–H groups in total. The maximum Gasteiger partial charge on any atom is 0.166 e. The van der Waals surface area contributed by atoms with Gasteiger partial charge >= 0.3 is 0 Å². The Labute approximate surface area is 135 Å². The van der Waals surface area contributed by atoms with Crippen LogP contribution in [0.3, 0.4) is 0 Å². The summed E-state index contributed by atoms with van der Waals surface area (Å²) in [5.41, 5.74) is 0.720. The molecule has 0 heterocycles. The highest BCUT2D eigenvalue weighted by Gasteiger charge is 2.16. The Bertz CT molecular complexity index is 668. The van der Waals surface area contributed by atoms with E-state index in [-0.39, 0.29) is 11.3 Å². The normalized spacial score (nSPS) is 10.8. The highest BCUT2D eigenvalue weighted by Crippen LogP contribution is 2.30. The lowest BCUT2D eigenvalue weighted by Gasteiger charge is -2.10. The summed E-state index contributed by atoms with van der Waals surface area (Å²) >= 11 is 0. The fraction of sp³-hybridized carbons (Fsp3) is 0.368. The summed E-state index contributed by atoms with van der Waals surface area (Å²) in [7, 11) is 0. The Morgan fingerprint density at radius 1 is 0.913 bits per heavy atom. The van der Waals surface area contributed by atoms with Crippen molar-refractivity contribution in [1.82, 2.24) is 0 Å². The minimum absolute atomic E-state index is 0.0590. The summed E-state index contributed by atoms with van der Waals surface area (Å²) < 4.78 is 47.5. The van der Waals surface area contributed by atoms with E-state index in [9.17, 15) is 13.2 Å². The van der Waals surface area contributed by atoms with Crippen molar-refractivity contribution in [3.63, 3.8) is 0 Å². The van der Waals surface area contributed by atoms with Gasteiger partial charge in [-0.15, -0.1) is 0 Å². The number of hydrogen-bond donors (Lipinski definition) is 0. The van der Waals surface area contributed by atoms with Gasteiger partial charge in [0.1, 0.15) is 0 Å². The first-order chi connectivity index (χ1) is 11.1. The molecule has 2 aromatic rings. The number of benzene rings is 2. The number of unbranched alkanes of at least 4 members (excludes halogenated alkanes) is 2. The Hall–Kier alpha value is -1.97. The maximum absolute atomic E-state index is 14.3. The second kappa shape index (κ2) is 8.04. The van der Waals surface area contributed by atoms with Crippen molar-refractivity contribution in [1.29, 1.82) is 0 Å². The van der Waals surface area contributed by atoms with E-state index in [1.165, 1.54) is 24.3 Å². The zero-order chi connectivity index (χ0) is 16.8. The smallest absolute Gasteiger partial charge is 0.166 e. The van der Waals surface area contributed by atoms with Gasteiger partial charge in [0.25, 0.3) is 0 Å². The molecule has 0 saturated carbocycles.